The van der Waals surface area contributed by atoms with Crippen molar-refractivity contribution in [3.05, 3.63) is 72.3 Å². The lowest BCUT2D eigenvalue weighted by Crippen LogP contribution is -2.20. The van der Waals surface area contributed by atoms with Crippen LogP contribution in [0.15, 0.2) is 76.7 Å². The van der Waals surface area contributed by atoms with Gasteiger partial charge in [-0.2, -0.15) is 18.4 Å². The summed E-state index contributed by atoms with van der Waals surface area (Å²) in [7, 11) is -3.80. The summed E-state index contributed by atoms with van der Waals surface area (Å²) < 4.78 is 30.5. The third kappa shape index (κ3) is 5.11. The third-order valence-electron chi connectivity index (χ3n) is 4.24. The number of ether oxygens (including phenoxy) is 1. The van der Waals surface area contributed by atoms with Gasteiger partial charge >= 0.3 is 0 Å². The van der Waals surface area contributed by atoms with E-state index in [2.05, 4.69) is 9.93 Å². The van der Waals surface area contributed by atoms with E-state index >= 15 is 0 Å². The summed E-state index contributed by atoms with van der Waals surface area (Å²) in [6, 6.07) is 19.3. The second kappa shape index (κ2) is 8.74. The predicted molar refractivity (Wildman–Crippen MR) is 112 cm³/mol. The molecule has 0 saturated carbocycles. The van der Waals surface area contributed by atoms with Gasteiger partial charge in [-0.05, 0) is 59.2 Å². The number of hydrazone groups is 1. The Morgan fingerprint density at radius 2 is 1.72 bits per heavy atom. The van der Waals surface area contributed by atoms with Crippen LogP contribution in [0.5, 0.6) is 5.75 Å². The van der Waals surface area contributed by atoms with E-state index in [0.29, 0.717) is 17.9 Å². The Hall–Kier alpha value is -3.39. The summed E-state index contributed by atoms with van der Waals surface area (Å²) in [5.74, 6) is -0.0762. The van der Waals surface area contributed by atoms with Gasteiger partial charge in [0.05, 0.1) is 10.6 Å². The molecule has 1 amide bonds. The molecule has 0 atom stereocenters. The van der Waals surface area contributed by atoms with Crippen molar-refractivity contribution in [2.24, 2.45) is 10.8 Å². The Labute approximate surface area is 169 Å². The summed E-state index contributed by atoms with van der Waals surface area (Å²) in [4.78, 5) is 13.2. The molecular weight excluding hydrogens is 390 g/mol. The molecule has 3 aromatic rings. The van der Waals surface area contributed by atoms with Crippen molar-refractivity contribution < 1.29 is 17.9 Å². The highest BCUT2D eigenvalue weighted by Crippen LogP contribution is 2.19. The van der Waals surface area contributed by atoms with Gasteiger partial charge in [-0.15, -0.1) is 0 Å². The van der Waals surface area contributed by atoms with Crippen LogP contribution in [-0.2, 0) is 14.8 Å². The van der Waals surface area contributed by atoms with Crippen LogP contribution >= 0.6 is 0 Å². The van der Waals surface area contributed by atoms with Gasteiger partial charge in [0.2, 0.25) is 0 Å². The molecule has 0 bridgehead atoms. The molecule has 8 heteroatoms. The van der Waals surface area contributed by atoms with E-state index in [9.17, 15) is 13.2 Å². The molecule has 29 heavy (non-hydrogen) atoms. The minimum absolute atomic E-state index is 0.144. The zero-order chi connectivity index (χ0) is 20.9. The fourth-order valence-corrected chi connectivity index (χ4v) is 3.61. The minimum Gasteiger partial charge on any atom is -0.484 e. The van der Waals surface area contributed by atoms with Gasteiger partial charge in [-0.3, -0.25) is 4.79 Å². The molecule has 0 unspecified atom stereocenters. The van der Waals surface area contributed by atoms with E-state index in [-0.39, 0.29) is 11.5 Å². The van der Waals surface area contributed by atoms with Crippen molar-refractivity contribution in [3.8, 4) is 5.75 Å². The molecule has 3 N–H and O–H groups in total. The molecule has 0 aliphatic carbocycles. The number of carbonyl (C=O) groups is 1. The number of fused-ring (bicyclic) bond motifs is 1. The average molecular weight is 411 g/mol. The fourth-order valence-electron chi connectivity index (χ4n) is 2.75. The maximum absolute atomic E-state index is 12.6. The highest BCUT2D eigenvalue weighted by molar-refractivity contribution is 7.89. The summed E-state index contributed by atoms with van der Waals surface area (Å²) in [6.07, 6.45) is 0.516. The zero-order valence-corrected chi connectivity index (χ0v) is 16.6. The van der Waals surface area contributed by atoms with Crippen LogP contribution in [0, 0.1) is 0 Å². The average Bonchev–Trinajstić information content (AvgIpc) is 2.73. The Morgan fingerprint density at radius 1 is 1.03 bits per heavy atom. The zero-order valence-electron chi connectivity index (χ0n) is 15.8. The van der Waals surface area contributed by atoms with Crippen LogP contribution in [0.2, 0.25) is 0 Å². The lowest BCUT2D eigenvalue weighted by atomic mass is 10.1. The Kier molecular flexibility index (Phi) is 6.13. The Bertz CT molecular complexity index is 1160. The first-order valence-corrected chi connectivity index (χ1v) is 10.5. The maximum Gasteiger partial charge on any atom is 0.276 e. The number of nitrogens with two attached hydrogens (primary N) is 1. The van der Waals surface area contributed by atoms with Crippen molar-refractivity contribution in [2.45, 2.75) is 18.2 Å². The quantitative estimate of drug-likeness (QED) is 0.438. The van der Waals surface area contributed by atoms with Gasteiger partial charge in [0.15, 0.2) is 6.61 Å². The molecule has 0 heterocycles. The predicted octanol–water partition coefficient (Wildman–Crippen LogP) is 2.80. The molecule has 0 aliphatic heterocycles. The molecule has 7 nitrogen and oxygen atoms in total. The highest BCUT2D eigenvalue weighted by atomic mass is 32.2. The van der Waals surface area contributed by atoms with Crippen molar-refractivity contribution in [3.63, 3.8) is 0 Å². The second-order valence-corrected chi connectivity index (χ2v) is 7.96. The van der Waals surface area contributed by atoms with Crippen molar-refractivity contribution in [2.75, 3.05) is 6.61 Å². The summed E-state index contributed by atoms with van der Waals surface area (Å²) >= 11 is 0. The van der Waals surface area contributed by atoms with E-state index in [4.69, 9.17) is 10.5 Å². The summed E-state index contributed by atoms with van der Waals surface area (Å²) in [5.41, 5.74) is 6.35. The van der Waals surface area contributed by atoms with Crippen LogP contribution in [0.3, 0.4) is 0 Å². The molecule has 0 radical (unpaired) electrons. The smallest absolute Gasteiger partial charge is 0.276 e. The number of sulfonamides is 1. The number of hydrogen-bond donors (Lipinski definition) is 2. The minimum atomic E-state index is -3.80. The largest absolute Gasteiger partial charge is 0.484 e. The van der Waals surface area contributed by atoms with Gasteiger partial charge in [0.1, 0.15) is 5.75 Å². The number of nitrogens with one attached hydrogen (secondary N) is 1. The van der Waals surface area contributed by atoms with Gasteiger partial charge < -0.3 is 10.5 Å². The van der Waals surface area contributed by atoms with Gasteiger partial charge in [-0.25, -0.2) is 0 Å². The number of primary amides is 1. The van der Waals surface area contributed by atoms with Gasteiger partial charge in [0.25, 0.3) is 15.9 Å². The maximum atomic E-state index is 12.6. The van der Waals surface area contributed by atoms with Crippen LogP contribution in [0.1, 0.15) is 18.9 Å². The second-order valence-electron chi connectivity index (χ2n) is 6.30. The van der Waals surface area contributed by atoms with E-state index < -0.39 is 15.9 Å². The number of benzene rings is 3. The standard InChI is InChI=1S/C21H21N3O4S/c1-2-20(16-7-10-18(11-8-16)28-14-21(22)25)23-24-29(26,27)19-12-9-15-5-3-4-6-17(15)13-19/h3-13,24H,2,14H2,1H3,(H2,22,25)/b23-20-. The number of carbonyl (C=O) groups excluding carboxylic acids is 1. The van der Waals surface area contributed by atoms with E-state index in [1.807, 2.05) is 31.2 Å². The third-order valence-corrected chi connectivity index (χ3v) is 5.44. The van der Waals surface area contributed by atoms with Crippen molar-refractivity contribution >= 4 is 32.4 Å². The van der Waals surface area contributed by atoms with Crippen molar-refractivity contribution in [1.82, 2.24) is 4.83 Å². The number of amides is 1. The number of hydrogen-bond acceptors (Lipinski definition) is 5. The molecule has 0 aromatic heterocycles. The van der Waals surface area contributed by atoms with Crippen LogP contribution < -0.4 is 15.3 Å². The molecule has 3 aromatic carbocycles. The van der Waals surface area contributed by atoms with Crippen LogP contribution in [-0.4, -0.2) is 26.6 Å². The first kappa shape index (κ1) is 20.3. The first-order valence-electron chi connectivity index (χ1n) is 8.98. The molecule has 150 valence electrons. The molecule has 0 aliphatic rings. The van der Waals surface area contributed by atoms with E-state index in [1.165, 1.54) is 0 Å². The normalized spacial score (nSPS) is 12.0. The van der Waals surface area contributed by atoms with E-state index in [0.717, 1.165) is 16.3 Å². The molecule has 0 fully saturated rings. The van der Waals surface area contributed by atoms with Crippen LogP contribution in [0.4, 0.5) is 0 Å². The first-order chi connectivity index (χ1) is 13.9. The topological polar surface area (TPSA) is 111 Å². The van der Waals surface area contributed by atoms with Gasteiger partial charge in [-0.1, -0.05) is 37.3 Å². The lowest BCUT2D eigenvalue weighted by molar-refractivity contribution is -0.119. The van der Waals surface area contributed by atoms with Crippen LogP contribution in [0.25, 0.3) is 10.8 Å². The summed E-state index contributed by atoms with van der Waals surface area (Å²) in [5, 5.41) is 5.90. The molecule has 3 rings (SSSR count). The monoisotopic (exact) mass is 411 g/mol. The number of nitrogens with zero attached hydrogens (tertiary/aromatic N) is 1. The lowest BCUT2D eigenvalue weighted by Gasteiger charge is -2.09. The fraction of sp³-hybridized carbons (Fsp3) is 0.143. The number of rotatable bonds is 8. The van der Waals surface area contributed by atoms with E-state index in [1.54, 1.807) is 42.5 Å². The summed E-state index contributed by atoms with van der Waals surface area (Å²) in [6.45, 7) is 1.67. The molecule has 0 saturated heterocycles. The Morgan fingerprint density at radius 3 is 2.38 bits per heavy atom. The molecular formula is C21H21N3O4S. The SMILES string of the molecule is CC/C(=N/NS(=O)(=O)c1ccc2ccccc2c1)c1ccc(OCC(N)=O)cc1. The van der Waals surface area contributed by atoms with Crippen molar-refractivity contribution in [1.29, 1.82) is 0 Å². The Balaban J connectivity index is 1.78. The van der Waals surface area contributed by atoms with Gasteiger partial charge in [0, 0.05) is 0 Å². The highest BCUT2D eigenvalue weighted by Gasteiger charge is 2.14. The molecule has 0 spiro atoms.